The lowest BCUT2D eigenvalue weighted by Crippen LogP contribution is -2.36. The average molecular weight is 242 g/mol. The van der Waals surface area contributed by atoms with E-state index in [1.165, 1.54) is 6.07 Å². The van der Waals surface area contributed by atoms with E-state index in [0.29, 0.717) is 17.0 Å². The van der Waals surface area contributed by atoms with Crippen LogP contribution in [-0.2, 0) is 13.0 Å². The molecule has 3 heteroatoms. The molecule has 1 aromatic carbocycles. The Bertz CT molecular complexity index is 390. The maximum Gasteiger partial charge on any atom is 0.125 e. The maximum atomic E-state index is 13.2. The Morgan fingerprint density at radius 3 is 2.94 bits per heavy atom. The van der Waals surface area contributed by atoms with Gasteiger partial charge in [0.1, 0.15) is 5.82 Å². The van der Waals surface area contributed by atoms with Crippen LogP contribution in [0.25, 0.3) is 0 Å². The van der Waals surface area contributed by atoms with Gasteiger partial charge in [0.05, 0.1) is 0 Å². The molecule has 1 N–H and O–H groups in total. The van der Waals surface area contributed by atoms with Crippen LogP contribution in [0.3, 0.4) is 0 Å². The van der Waals surface area contributed by atoms with Crippen LogP contribution in [0.15, 0.2) is 12.1 Å². The van der Waals surface area contributed by atoms with Gasteiger partial charge in [-0.15, -0.1) is 0 Å². The van der Waals surface area contributed by atoms with Gasteiger partial charge >= 0.3 is 0 Å². The van der Waals surface area contributed by atoms with Crippen LogP contribution in [0.2, 0.25) is 5.02 Å². The molecule has 0 fully saturated rings. The van der Waals surface area contributed by atoms with Crippen molar-refractivity contribution in [1.29, 1.82) is 0 Å². The fourth-order valence-electron chi connectivity index (χ4n) is 2.35. The third kappa shape index (κ3) is 2.55. The number of rotatable bonds is 2. The summed E-state index contributed by atoms with van der Waals surface area (Å²) in [6.45, 7) is 5.15. The zero-order valence-electron chi connectivity index (χ0n) is 9.69. The topological polar surface area (TPSA) is 12.0 Å². The minimum atomic E-state index is -0.243. The summed E-state index contributed by atoms with van der Waals surface area (Å²) in [5, 5.41) is 4.01. The molecule has 0 aliphatic carbocycles. The number of hydrogen-bond acceptors (Lipinski definition) is 1. The van der Waals surface area contributed by atoms with Gasteiger partial charge in [0.2, 0.25) is 0 Å². The molecule has 0 radical (unpaired) electrons. The number of benzene rings is 1. The molecule has 1 unspecified atom stereocenters. The van der Waals surface area contributed by atoms with Crippen molar-refractivity contribution >= 4 is 11.6 Å². The fourth-order valence-corrected chi connectivity index (χ4v) is 2.65. The number of fused-ring (bicyclic) bond motifs is 1. The van der Waals surface area contributed by atoms with Crippen LogP contribution in [0.1, 0.15) is 31.4 Å². The molecule has 2 rings (SSSR count). The van der Waals surface area contributed by atoms with E-state index < -0.39 is 0 Å². The van der Waals surface area contributed by atoms with E-state index in [-0.39, 0.29) is 5.82 Å². The van der Waals surface area contributed by atoms with Crippen LogP contribution < -0.4 is 5.32 Å². The second-order valence-electron chi connectivity index (χ2n) is 4.94. The van der Waals surface area contributed by atoms with Gasteiger partial charge in [0.25, 0.3) is 0 Å². The highest BCUT2D eigenvalue weighted by atomic mass is 35.5. The van der Waals surface area contributed by atoms with Gasteiger partial charge in [-0.3, -0.25) is 0 Å². The molecule has 0 saturated carbocycles. The molecule has 1 atom stereocenters. The van der Waals surface area contributed by atoms with Gasteiger partial charge in [-0.2, -0.15) is 0 Å². The molecule has 0 saturated heterocycles. The van der Waals surface area contributed by atoms with Gasteiger partial charge in [-0.25, -0.2) is 4.39 Å². The maximum absolute atomic E-state index is 13.2. The smallest absolute Gasteiger partial charge is 0.125 e. The summed E-state index contributed by atoms with van der Waals surface area (Å²) >= 11 is 6.08. The molecule has 1 nitrogen and oxygen atoms in total. The summed E-state index contributed by atoms with van der Waals surface area (Å²) in [4.78, 5) is 0. The molecular formula is C13H17ClFN. The van der Waals surface area contributed by atoms with Crippen molar-refractivity contribution in [2.45, 2.75) is 39.3 Å². The summed E-state index contributed by atoms with van der Waals surface area (Å²) in [5.41, 5.74) is 2.12. The average Bonchev–Trinajstić information content (AvgIpc) is 2.18. The van der Waals surface area contributed by atoms with E-state index in [1.54, 1.807) is 6.07 Å². The normalized spacial score (nSPS) is 19.9. The molecule has 1 aromatic rings. The monoisotopic (exact) mass is 241 g/mol. The van der Waals surface area contributed by atoms with Crippen molar-refractivity contribution < 1.29 is 4.39 Å². The zero-order chi connectivity index (χ0) is 11.7. The van der Waals surface area contributed by atoms with Gasteiger partial charge in [0, 0.05) is 17.6 Å². The molecule has 0 bridgehead atoms. The lowest BCUT2D eigenvalue weighted by molar-refractivity contribution is 0.397. The van der Waals surface area contributed by atoms with Crippen LogP contribution in [0, 0.1) is 11.7 Å². The molecule has 1 aliphatic rings. The van der Waals surface area contributed by atoms with E-state index in [1.807, 2.05) is 0 Å². The summed E-state index contributed by atoms with van der Waals surface area (Å²) in [7, 11) is 0. The first kappa shape index (κ1) is 11.9. The number of nitrogens with one attached hydrogen (secondary N) is 1. The Morgan fingerprint density at radius 2 is 2.25 bits per heavy atom. The van der Waals surface area contributed by atoms with Crippen LogP contribution in [0.5, 0.6) is 0 Å². The highest BCUT2D eigenvalue weighted by Gasteiger charge is 2.21. The van der Waals surface area contributed by atoms with Crippen LogP contribution in [-0.4, -0.2) is 6.04 Å². The Labute approximate surface area is 101 Å². The number of halogens is 2. The first-order valence-electron chi connectivity index (χ1n) is 5.76. The van der Waals surface area contributed by atoms with Gasteiger partial charge in [-0.05, 0) is 42.0 Å². The molecule has 0 spiro atoms. The Balaban J connectivity index is 2.20. The first-order chi connectivity index (χ1) is 7.56. The third-order valence-electron chi connectivity index (χ3n) is 3.04. The van der Waals surface area contributed by atoms with Crippen molar-refractivity contribution in [2.24, 2.45) is 5.92 Å². The van der Waals surface area contributed by atoms with E-state index in [0.717, 1.165) is 30.5 Å². The molecule has 88 valence electrons. The second-order valence-corrected chi connectivity index (χ2v) is 5.34. The molecule has 0 amide bonds. The Morgan fingerprint density at radius 1 is 1.50 bits per heavy atom. The first-order valence-corrected chi connectivity index (χ1v) is 6.14. The van der Waals surface area contributed by atoms with Crippen molar-refractivity contribution in [3.05, 3.63) is 34.1 Å². The summed E-state index contributed by atoms with van der Waals surface area (Å²) in [5.74, 6) is 0.422. The highest BCUT2D eigenvalue weighted by Crippen LogP contribution is 2.27. The molecule has 0 aromatic heterocycles. The SMILES string of the molecule is CC(C)CC1Cc2c(Cl)cc(F)cc2CN1. The third-order valence-corrected chi connectivity index (χ3v) is 3.38. The van der Waals surface area contributed by atoms with Crippen molar-refractivity contribution in [3.8, 4) is 0 Å². The quantitative estimate of drug-likeness (QED) is 0.835. The molecule has 16 heavy (non-hydrogen) atoms. The minimum absolute atomic E-state index is 0.243. The van der Waals surface area contributed by atoms with Gasteiger partial charge in [0.15, 0.2) is 0 Å². The van der Waals surface area contributed by atoms with Crippen LogP contribution >= 0.6 is 11.6 Å². The molecule has 1 aliphatic heterocycles. The van der Waals surface area contributed by atoms with Gasteiger partial charge in [-0.1, -0.05) is 25.4 Å². The summed E-state index contributed by atoms with van der Waals surface area (Å²) < 4.78 is 13.2. The van der Waals surface area contributed by atoms with Crippen molar-refractivity contribution in [2.75, 3.05) is 0 Å². The number of hydrogen-bond donors (Lipinski definition) is 1. The molecular weight excluding hydrogens is 225 g/mol. The van der Waals surface area contributed by atoms with Crippen molar-refractivity contribution in [3.63, 3.8) is 0 Å². The fraction of sp³-hybridized carbons (Fsp3) is 0.538. The molecule has 1 heterocycles. The van der Waals surface area contributed by atoms with Crippen LogP contribution in [0.4, 0.5) is 4.39 Å². The Kier molecular flexibility index (Phi) is 3.50. The van der Waals surface area contributed by atoms with E-state index in [4.69, 9.17) is 11.6 Å². The highest BCUT2D eigenvalue weighted by molar-refractivity contribution is 6.31. The standard InChI is InChI=1S/C13H17ClFN/c1-8(2)3-11-6-12-9(7-16-11)4-10(15)5-13(12)14/h4-5,8,11,16H,3,6-7H2,1-2H3. The second kappa shape index (κ2) is 4.72. The predicted molar refractivity (Wildman–Crippen MR) is 65.2 cm³/mol. The van der Waals surface area contributed by atoms with Gasteiger partial charge < -0.3 is 5.32 Å². The summed E-state index contributed by atoms with van der Waals surface area (Å²) in [6, 6.07) is 3.47. The minimum Gasteiger partial charge on any atom is -0.310 e. The van der Waals surface area contributed by atoms with E-state index in [9.17, 15) is 4.39 Å². The summed E-state index contributed by atoms with van der Waals surface area (Å²) in [6.07, 6.45) is 2.04. The zero-order valence-corrected chi connectivity index (χ0v) is 10.4. The predicted octanol–water partition coefficient (Wildman–Crippen LogP) is 3.54. The van der Waals surface area contributed by atoms with E-state index in [2.05, 4.69) is 19.2 Å². The van der Waals surface area contributed by atoms with E-state index >= 15 is 0 Å². The lowest BCUT2D eigenvalue weighted by Gasteiger charge is -2.28. The Hall–Kier alpha value is -0.600. The lowest BCUT2D eigenvalue weighted by atomic mass is 9.91. The van der Waals surface area contributed by atoms with Crippen molar-refractivity contribution in [1.82, 2.24) is 5.32 Å². The largest absolute Gasteiger partial charge is 0.310 e.